The number of nitrogens with one attached hydrogen (secondary N) is 2. The molecule has 0 radical (unpaired) electrons. The molecule has 2 aromatic heterocycles. The fourth-order valence-corrected chi connectivity index (χ4v) is 7.27. The largest absolute Gasteiger partial charge is 0.491 e. The van der Waals surface area contributed by atoms with Crippen LogP contribution in [-0.2, 0) is 13.9 Å². The Hall–Kier alpha value is -3.06. The van der Waals surface area contributed by atoms with Crippen LogP contribution in [0.25, 0.3) is 22.6 Å². The van der Waals surface area contributed by atoms with E-state index in [1.165, 1.54) is 11.5 Å². The van der Waals surface area contributed by atoms with Gasteiger partial charge in [-0.25, -0.2) is 14.8 Å². The second-order valence-corrected chi connectivity index (χ2v) is 21.0. The van der Waals surface area contributed by atoms with E-state index in [-0.39, 0.29) is 29.3 Å². The minimum Gasteiger partial charge on any atom is -0.491 e. The molecule has 2 N–H and O–H groups in total. The number of aromatic nitrogens is 3. The summed E-state index contributed by atoms with van der Waals surface area (Å²) >= 11 is 1.50. The van der Waals surface area contributed by atoms with Crippen molar-refractivity contribution in [1.82, 2.24) is 19.7 Å². The number of carbonyl (C=O) groups is 1. The van der Waals surface area contributed by atoms with Gasteiger partial charge in [-0.3, -0.25) is 0 Å². The number of aryl methyl sites for hydroxylation is 2. The van der Waals surface area contributed by atoms with Gasteiger partial charge in [0.25, 0.3) is 0 Å². The quantitative estimate of drug-likeness (QED) is 0.180. The zero-order chi connectivity index (χ0) is 35.3. The predicted octanol–water partition coefficient (Wildman–Crippen LogP) is 8.47. The first kappa shape index (κ1) is 37.8. The number of alkyl carbamates (subject to hydrolysis) is 1. The molecule has 1 atom stereocenters. The van der Waals surface area contributed by atoms with Gasteiger partial charge < -0.3 is 29.3 Å². The molecule has 0 bridgehead atoms. The van der Waals surface area contributed by atoms with Gasteiger partial charge in [-0.05, 0) is 96.2 Å². The van der Waals surface area contributed by atoms with Crippen molar-refractivity contribution in [1.29, 1.82) is 0 Å². The van der Waals surface area contributed by atoms with Gasteiger partial charge in [-0.2, -0.15) is 4.37 Å². The fourth-order valence-electron chi connectivity index (χ4n) is 5.20. The first-order chi connectivity index (χ1) is 22.4. The predicted molar refractivity (Wildman–Crippen MR) is 197 cm³/mol. The third-order valence-corrected chi connectivity index (χ3v) is 14.3. The van der Waals surface area contributed by atoms with Crippen LogP contribution in [0.3, 0.4) is 0 Å². The van der Waals surface area contributed by atoms with Crippen LogP contribution >= 0.6 is 11.5 Å². The summed E-state index contributed by atoms with van der Waals surface area (Å²) in [5.41, 5.74) is 4.41. The third-order valence-electron chi connectivity index (χ3n) is 8.92. The molecule has 12 heteroatoms. The van der Waals surface area contributed by atoms with Crippen LogP contribution in [0.4, 0.5) is 10.6 Å². The smallest absolute Gasteiger partial charge is 0.407 e. The Morgan fingerprint density at radius 2 is 1.79 bits per heavy atom. The molecule has 0 aliphatic carbocycles. The van der Waals surface area contributed by atoms with E-state index in [1.807, 2.05) is 52.0 Å². The van der Waals surface area contributed by atoms with Gasteiger partial charge in [-0.15, -0.1) is 0 Å². The van der Waals surface area contributed by atoms with Gasteiger partial charge in [0.2, 0.25) is 0 Å². The van der Waals surface area contributed by atoms with Gasteiger partial charge >= 0.3 is 6.09 Å². The maximum atomic E-state index is 12.3. The Kier molecular flexibility index (Phi) is 12.3. The molecule has 0 saturated carbocycles. The molecule has 1 aromatic carbocycles. The maximum Gasteiger partial charge on any atom is 0.407 e. The first-order valence-electron chi connectivity index (χ1n) is 17.0. The van der Waals surface area contributed by atoms with Crippen molar-refractivity contribution in [3.8, 4) is 28.4 Å². The second-order valence-electron chi connectivity index (χ2n) is 15.2. The second kappa shape index (κ2) is 15.7. The van der Waals surface area contributed by atoms with Crippen LogP contribution < -0.4 is 15.4 Å². The van der Waals surface area contributed by atoms with Crippen LogP contribution in [0.1, 0.15) is 76.9 Å². The fraction of sp³-hybridized carbons (Fsp3) is 0.611. The van der Waals surface area contributed by atoms with Crippen molar-refractivity contribution in [2.75, 3.05) is 31.7 Å². The van der Waals surface area contributed by atoms with Crippen LogP contribution in [0, 0.1) is 20.8 Å². The van der Waals surface area contributed by atoms with Gasteiger partial charge in [0.1, 0.15) is 18.2 Å². The molecule has 1 aliphatic heterocycles. The van der Waals surface area contributed by atoms with Gasteiger partial charge in [0.05, 0.1) is 24.1 Å². The average molecular weight is 698 g/mol. The Labute approximate surface area is 292 Å². The number of hydrogen-bond donors (Lipinski definition) is 2. The maximum absolute atomic E-state index is 12.3. The van der Waals surface area contributed by atoms with Crippen molar-refractivity contribution in [3.63, 3.8) is 0 Å². The van der Waals surface area contributed by atoms with E-state index in [0.29, 0.717) is 24.6 Å². The lowest BCUT2D eigenvalue weighted by Gasteiger charge is -2.39. The normalized spacial score (nSPS) is 15.2. The molecular formula is C36H55N5O5SSi. The summed E-state index contributed by atoms with van der Waals surface area (Å²) in [7, 11) is -2.13. The molecule has 1 unspecified atom stereocenters. The number of rotatable bonds is 12. The molecule has 1 aliphatic rings. The lowest BCUT2D eigenvalue weighted by molar-refractivity contribution is 0.0766. The van der Waals surface area contributed by atoms with Crippen LogP contribution in [-0.4, -0.2) is 72.9 Å². The summed E-state index contributed by atoms with van der Waals surface area (Å²) in [4.78, 5) is 23.6. The monoisotopic (exact) mass is 697 g/mol. The highest BCUT2D eigenvalue weighted by Gasteiger charge is 2.39. The molecule has 264 valence electrons. The molecule has 1 fully saturated rings. The number of ether oxygens (including phenoxy) is 3. The molecule has 3 aromatic rings. The zero-order valence-corrected chi connectivity index (χ0v) is 32.5. The van der Waals surface area contributed by atoms with Gasteiger partial charge in [0.15, 0.2) is 14.1 Å². The SMILES string of the molecule is Cc1nsc(C)c1-c1nc(-c2cccc(OCC(CCOC(=O)NC(C)(C)C)O[Si](C)(C)C(C)(C)C)c2)nc(NC2CCOCC2)c1C. The van der Waals surface area contributed by atoms with Gasteiger partial charge in [0, 0.05) is 52.8 Å². The summed E-state index contributed by atoms with van der Waals surface area (Å²) < 4.78 is 28.9. The number of amides is 1. The summed E-state index contributed by atoms with van der Waals surface area (Å²) in [5, 5.41) is 6.56. The number of carbonyl (C=O) groups excluding carboxylic acids is 1. The van der Waals surface area contributed by atoms with Crippen LogP contribution in [0.5, 0.6) is 5.75 Å². The van der Waals surface area contributed by atoms with E-state index < -0.39 is 14.4 Å². The highest BCUT2D eigenvalue weighted by molar-refractivity contribution is 7.06. The highest BCUT2D eigenvalue weighted by Crippen LogP contribution is 2.38. The third kappa shape index (κ3) is 10.2. The summed E-state index contributed by atoms with van der Waals surface area (Å²) in [6.07, 6.45) is 1.68. The van der Waals surface area contributed by atoms with Gasteiger partial charge in [-0.1, -0.05) is 32.9 Å². The lowest BCUT2D eigenvalue weighted by atomic mass is 10.0. The summed E-state index contributed by atoms with van der Waals surface area (Å²) in [6, 6.07) is 8.18. The number of nitrogens with zero attached hydrogens (tertiary/aromatic N) is 3. The lowest BCUT2D eigenvalue weighted by Crippen LogP contribution is -2.46. The molecule has 1 amide bonds. The van der Waals surface area contributed by atoms with E-state index in [1.54, 1.807) is 0 Å². The molecule has 10 nitrogen and oxygen atoms in total. The molecular weight excluding hydrogens is 643 g/mol. The highest BCUT2D eigenvalue weighted by atomic mass is 32.1. The number of hydrogen-bond acceptors (Lipinski definition) is 10. The molecule has 0 spiro atoms. The Morgan fingerprint density at radius 1 is 1.08 bits per heavy atom. The Bertz CT molecular complexity index is 1520. The van der Waals surface area contributed by atoms with Crippen LogP contribution in [0.2, 0.25) is 18.1 Å². The topological polar surface area (TPSA) is 117 Å². The molecule has 48 heavy (non-hydrogen) atoms. The van der Waals surface area contributed by atoms with Crippen molar-refractivity contribution in [2.24, 2.45) is 0 Å². The molecule has 3 heterocycles. The van der Waals surface area contributed by atoms with Crippen molar-refractivity contribution in [3.05, 3.63) is 40.4 Å². The van der Waals surface area contributed by atoms with E-state index in [2.05, 4.69) is 62.7 Å². The van der Waals surface area contributed by atoms with Crippen LogP contribution in [0.15, 0.2) is 24.3 Å². The van der Waals surface area contributed by atoms with E-state index in [0.717, 1.165) is 64.8 Å². The van der Waals surface area contributed by atoms with E-state index in [4.69, 9.17) is 28.6 Å². The van der Waals surface area contributed by atoms with Crippen molar-refractivity contribution >= 4 is 31.8 Å². The van der Waals surface area contributed by atoms with Crippen molar-refractivity contribution in [2.45, 2.75) is 117 Å². The standard InChI is InChI=1S/C36H55N5O5SSi/c1-23-31(30-24(2)41-47-25(30)3)38-33(39-32(23)37-27-15-18-43-19-16-27)26-13-12-14-28(21-26)45-22-29(46-48(10,11)36(7,8)9)17-20-44-34(42)40-35(4,5)6/h12-14,21,27,29H,15-20,22H2,1-11H3,(H,40,42)(H,37,38,39). The minimum absolute atomic E-state index is 0.0151. The van der Waals surface area contributed by atoms with Crippen molar-refractivity contribution < 1.29 is 23.4 Å². The Balaban J connectivity index is 1.58. The van der Waals surface area contributed by atoms with E-state index in [9.17, 15) is 4.79 Å². The average Bonchev–Trinajstić information content (AvgIpc) is 3.33. The molecule has 4 rings (SSSR count). The minimum atomic E-state index is -2.13. The summed E-state index contributed by atoms with van der Waals surface area (Å²) in [5.74, 6) is 2.14. The Morgan fingerprint density at radius 3 is 2.42 bits per heavy atom. The molecule has 1 saturated heterocycles. The first-order valence-corrected chi connectivity index (χ1v) is 20.6. The van der Waals surface area contributed by atoms with E-state index >= 15 is 0 Å². The zero-order valence-electron chi connectivity index (χ0n) is 30.7. The number of benzene rings is 1. The number of anilines is 1. The summed E-state index contributed by atoms with van der Waals surface area (Å²) in [6.45, 7) is 25.1.